The Labute approximate surface area is 236 Å². The van der Waals surface area contributed by atoms with Crippen molar-refractivity contribution in [3.8, 4) is 11.5 Å². The second-order valence-electron chi connectivity index (χ2n) is 10.8. The third-order valence-electron chi connectivity index (χ3n) is 6.86. The molecule has 0 saturated heterocycles. The number of hydrogen-bond acceptors (Lipinski definition) is 5. The van der Waals surface area contributed by atoms with Gasteiger partial charge in [0.1, 0.15) is 11.5 Å². The Morgan fingerprint density at radius 2 is 1.95 bits per heavy atom. The third-order valence-corrected chi connectivity index (χ3v) is 7.84. The van der Waals surface area contributed by atoms with E-state index in [1.807, 2.05) is 56.3 Å². The Kier molecular flexibility index (Phi) is 7.09. The molecule has 1 aliphatic carbocycles. The molecule has 2 heterocycles. The number of nitrogens with zero attached hydrogens (tertiary/aromatic N) is 2. The lowest BCUT2D eigenvalue weighted by atomic mass is 9.73. The number of Topliss-reactive ketones (excluding diaryl/α,β-unsaturated/α-hetero) is 1. The Bertz CT molecular complexity index is 1470. The van der Waals surface area contributed by atoms with Crippen molar-refractivity contribution in [1.82, 2.24) is 4.98 Å². The number of fused-ring (bicyclic) bond motifs is 1. The molecule has 1 atom stereocenters. The number of ketones is 1. The Hall–Kier alpha value is -3.16. The first-order valence-corrected chi connectivity index (χ1v) is 13.7. The lowest BCUT2D eigenvalue weighted by Crippen LogP contribution is -2.41. The molecule has 1 aromatic heterocycles. The fourth-order valence-electron chi connectivity index (χ4n) is 5.15. The number of carbonyl (C=O) groups is 2. The van der Waals surface area contributed by atoms with Gasteiger partial charge in [-0.25, -0.2) is 0 Å². The van der Waals surface area contributed by atoms with Gasteiger partial charge in [-0.2, -0.15) is 0 Å². The first kappa shape index (κ1) is 26.4. The van der Waals surface area contributed by atoms with Crippen LogP contribution in [0.2, 0.25) is 5.02 Å². The number of rotatable bonds is 4. The van der Waals surface area contributed by atoms with E-state index < -0.39 is 6.04 Å². The number of hydrogen-bond donors (Lipinski definition) is 1. The maximum Gasteiger partial charge on any atom is 0.230 e. The molecular weight excluding hydrogens is 566 g/mol. The first-order valence-electron chi connectivity index (χ1n) is 12.6. The molecule has 38 heavy (non-hydrogen) atoms. The largest absolute Gasteiger partial charge is 0.456 e. The number of allylic oxidation sites excluding steroid dienone is 1. The molecule has 0 spiro atoms. The minimum absolute atomic E-state index is 0.000630. The summed E-state index contributed by atoms with van der Waals surface area (Å²) >= 11 is 10.4. The molecule has 1 amide bonds. The summed E-state index contributed by atoms with van der Waals surface area (Å²) in [5, 5.41) is 3.88. The average Bonchev–Trinajstić information content (AvgIpc) is 2.98. The minimum Gasteiger partial charge on any atom is -0.456 e. The van der Waals surface area contributed by atoms with E-state index in [4.69, 9.17) is 16.3 Å². The lowest BCUT2D eigenvalue weighted by Gasteiger charge is -2.38. The molecule has 1 unspecified atom stereocenters. The van der Waals surface area contributed by atoms with Gasteiger partial charge in [0.15, 0.2) is 5.78 Å². The van der Waals surface area contributed by atoms with Crippen LogP contribution in [-0.2, 0) is 9.59 Å². The minimum atomic E-state index is -0.704. The Morgan fingerprint density at radius 1 is 1.18 bits per heavy atom. The fourth-order valence-corrected chi connectivity index (χ4v) is 5.79. The maximum atomic E-state index is 13.8. The van der Waals surface area contributed by atoms with Gasteiger partial charge < -0.3 is 10.1 Å². The van der Waals surface area contributed by atoms with E-state index in [-0.39, 0.29) is 23.0 Å². The van der Waals surface area contributed by atoms with E-state index >= 15 is 0 Å². The van der Waals surface area contributed by atoms with Crippen LogP contribution in [0, 0.1) is 11.3 Å². The van der Waals surface area contributed by atoms with Crippen LogP contribution in [0.15, 0.2) is 76.7 Å². The van der Waals surface area contributed by atoms with Gasteiger partial charge in [0.2, 0.25) is 5.91 Å². The summed E-state index contributed by atoms with van der Waals surface area (Å²) in [6.45, 7) is 7.88. The van der Waals surface area contributed by atoms with Crippen molar-refractivity contribution in [2.24, 2.45) is 11.3 Å². The van der Waals surface area contributed by atoms with E-state index in [2.05, 4.69) is 40.1 Å². The molecule has 2 aromatic carbocycles. The number of para-hydroxylation sites is 1. The smallest absolute Gasteiger partial charge is 0.230 e. The van der Waals surface area contributed by atoms with Crippen LogP contribution in [0.4, 0.5) is 11.4 Å². The van der Waals surface area contributed by atoms with Gasteiger partial charge in [-0.15, -0.1) is 0 Å². The van der Waals surface area contributed by atoms with Crippen molar-refractivity contribution in [3.63, 3.8) is 0 Å². The standard InChI is InChI=1S/C30H29BrClN3O3/c1-17(2)29(37)35-24-11-12-33-16-23(24)34-22-14-30(3,4)15-25(36)27(22)28(35)19-10-9-18(13-21(19)32)38-26-8-6-5-7-20(26)31/h5-13,16-17,28,34H,14-15H2,1-4H3. The summed E-state index contributed by atoms with van der Waals surface area (Å²) in [6.07, 6.45) is 4.39. The van der Waals surface area contributed by atoms with Gasteiger partial charge in [0.05, 0.1) is 28.1 Å². The predicted molar refractivity (Wildman–Crippen MR) is 154 cm³/mol. The molecule has 5 rings (SSSR count). The van der Waals surface area contributed by atoms with Crippen molar-refractivity contribution in [3.05, 3.63) is 87.3 Å². The number of benzene rings is 2. The zero-order valence-electron chi connectivity index (χ0n) is 21.7. The van der Waals surface area contributed by atoms with Crippen LogP contribution < -0.4 is 15.0 Å². The van der Waals surface area contributed by atoms with E-state index in [1.54, 1.807) is 23.4 Å². The number of anilines is 2. The third kappa shape index (κ3) is 4.97. The monoisotopic (exact) mass is 593 g/mol. The summed E-state index contributed by atoms with van der Waals surface area (Å²) in [5.74, 6) is 0.783. The highest BCUT2D eigenvalue weighted by Crippen LogP contribution is 2.50. The molecular formula is C30H29BrClN3O3. The first-order chi connectivity index (χ1) is 18.1. The Morgan fingerprint density at radius 3 is 2.66 bits per heavy atom. The summed E-state index contributed by atoms with van der Waals surface area (Å²) in [7, 11) is 0. The van der Waals surface area contributed by atoms with Gasteiger partial charge in [0, 0.05) is 34.8 Å². The highest BCUT2D eigenvalue weighted by molar-refractivity contribution is 9.10. The molecule has 3 aromatic rings. The molecule has 8 heteroatoms. The van der Waals surface area contributed by atoms with Crippen LogP contribution in [0.3, 0.4) is 0 Å². The molecule has 6 nitrogen and oxygen atoms in total. The van der Waals surface area contributed by atoms with Crippen LogP contribution in [0.1, 0.15) is 52.1 Å². The maximum absolute atomic E-state index is 13.8. The number of aromatic nitrogens is 1. The predicted octanol–water partition coefficient (Wildman–Crippen LogP) is 8.09. The van der Waals surface area contributed by atoms with Gasteiger partial charge in [-0.05, 0) is 63.7 Å². The zero-order valence-corrected chi connectivity index (χ0v) is 24.1. The fraction of sp³-hybridized carbons (Fsp3) is 0.300. The number of ether oxygens (including phenoxy) is 1. The molecule has 2 aliphatic rings. The molecule has 1 aliphatic heterocycles. The summed E-state index contributed by atoms with van der Waals surface area (Å²) in [6, 6.07) is 14.1. The molecule has 1 N–H and O–H groups in total. The second-order valence-corrected chi connectivity index (χ2v) is 12.1. The second kappa shape index (κ2) is 10.2. The van der Waals surface area contributed by atoms with Crippen molar-refractivity contribution in [2.45, 2.75) is 46.6 Å². The number of carbonyl (C=O) groups excluding carboxylic acids is 2. The number of amides is 1. The van der Waals surface area contributed by atoms with Crippen molar-refractivity contribution in [1.29, 1.82) is 0 Å². The zero-order chi connectivity index (χ0) is 27.2. The van der Waals surface area contributed by atoms with Crippen molar-refractivity contribution < 1.29 is 14.3 Å². The van der Waals surface area contributed by atoms with Crippen LogP contribution in [0.5, 0.6) is 11.5 Å². The highest BCUT2D eigenvalue weighted by atomic mass is 79.9. The van der Waals surface area contributed by atoms with E-state index in [9.17, 15) is 9.59 Å². The highest BCUT2D eigenvalue weighted by Gasteiger charge is 2.44. The SMILES string of the molecule is CC(C)C(=O)N1c2ccncc2NC2=C(C(=O)CC(C)(C)C2)C1c1ccc(Oc2ccccc2Br)cc1Cl. The van der Waals surface area contributed by atoms with E-state index in [0.29, 0.717) is 51.9 Å². The summed E-state index contributed by atoms with van der Waals surface area (Å²) in [5.41, 5.74) is 3.15. The van der Waals surface area contributed by atoms with E-state index in [1.165, 1.54) is 0 Å². The van der Waals surface area contributed by atoms with Crippen LogP contribution in [0.25, 0.3) is 0 Å². The van der Waals surface area contributed by atoms with Gasteiger partial charge in [0.25, 0.3) is 0 Å². The number of pyridine rings is 1. The van der Waals surface area contributed by atoms with E-state index in [0.717, 1.165) is 10.2 Å². The van der Waals surface area contributed by atoms with Gasteiger partial charge >= 0.3 is 0 Å². The molecule has 0 fully saturated rings. The molecule has 0 saturated carbocycles. The lowest BCUT2D eigenvalue weighted by molar-refractivity contribution is -0.122. The summed E-state index contributed by atoms with van der Waals surface area (Å²) < 4.78 is 6.89. The van der Waals surface area contributed by atoms with Crippen molar-refractivity contribution in [2.75, 3.05) is 10.2 Å². The number of nitrogens with one attached hydrogen (secondary N) is 1. The molecule has 196 valence electrons. The quantitative estimate of drug-likeness (QED) is 0.331. The van der Waals surface area contributed by atoms with Crippen LogP contribution >= 0.6 is 27.5 Å². The number of halogens is 2. The Balaban J connectivity index is 1.69. The van der Waals surface area contributed by atoms with Gasteiger partial charge in [-0.1, -0.05) is 57.5 Å². The summed E-state index contributed by atoms with van der Waals surface area (Å²) in [4.78, 5) is 33.6. The van der Waals surface area contributed by atoms with Crippen LogP contribution in [-0.4, -0.2) is 16.7 Å². The normalized spacial score (nSPS) is 18.4. The topological polar surface area (TPSA) is 71.5 Å². The van der Waals surface area contributed by atoms with Crippen molar-refractivity contribution >= 4 is 50.6 Å². The van der Waals surface area contributed by atoms with Gasteiger partial charge in [-0.3, -0.25) is 19.5 Å². The molecule has 0 bridgehead atoms. The molecule has 0 radical (unpaired) electrons. The average molecular weight is 595 g/mol.